The maximum absolute atomic E-state index is 12.0. The van der Waals surface area contributed by atoms with Gasteiger partial charge in [0.2, 0.25) is 5.91 Å². The van der Waals surface area contributed by atoms with Crippen LogP contribution in [0, 0.1) is 0 Å². The minimum absolute atomic E-state index is 0.0750. The third-order valence-electron chi connectivity index (χ3n) is 3.58. The van der Waals surface area contributed by atoms with Gasteiger partial charge in [-0.3, -0.25) is 4.79 Å². The Kier molecular flexibility index (Phi) is 4.67. The highest BCUT2D eigenvalue weighted by Gasteiger charge is 2.18. The van der Waals surface area contributed by atoms with Gasteiger partial charge in [-0.1, -0.05) is 6.07 Å². The van der Waals surface area contributed by atoms with E-state index in [1.807, 2.05) is 0 Å². The fourth-order valence-corrected chi connectivity index (χ4v) is 4.29. The first-order valence-corrected chi connectivity index (χ1v) is 8.89. The Balaban J connectivity index is 1.48. The van der Waals surface area contributed by atoms with Crippen LogP contribution in [0.25, 0.3) is 0 Å². The summed E-state index contributed by atoms with van der Waals surface area (Å²) in [6.07, 6.45) is 3.41. The van der Waals surface area contributed by atoms with E-state index in [1.165, 1.54) is 9.75 Å². The highest BCUT2D eigenvalue weighted by Crippen LogP contribution is 2.27. The summed E-state index contributed by atoms with van der Waals surface area (Å²) in [5.41, 5.74) is 1.16. The van der Waals surface area contributed by atoms with E-state index in [2.05, 4.69) is 39.8 Å². The Morgan fingerprint density at radius 3 is 3.24 bits per heavy atom. The molecule has 2 aromatic rings. The van der Waals surface area contributed by atoms with Gasteiger partial charge in [-0.05, 0) is 31.3 Å². The lowest BCUT2D eigenvalue weighted by molar-refractivity contribution is -0.116. The number of hydrogen-bond acceptors (Lipinski definition) is 5. The van der Waals surface area contributed by atoms with Crippen LogP contribution in [0.5, 0.6) is 0 Å². The van der Waals surface area contributed by atoms with E-state index in [0.717, 1.165) is 43.2 Å². The van der Waals surface area contributed by atoms with E-state index in [0.29, 0.717) is 6.42 Å². The molecule has 0 aromatic carbocycles. The predicted molar refractivity (Wildman–Crippen MR) is 88.0 cm³/mol. The summed E-state index contributed by atoms with van der Waals surface area (Å²) in [6, 6.07) is 4.17. The van der Waals surface area contributed by atoms with Crippen LogP contribution in [0.4, 0.5) is 5.13 Å². The normalized spacial score (nSPS) is 14.9. The van der Waals surface area contributed by atoms with Crippen LogP contribution < -0.4 is 5.32 Å². The third kappa shape index (κ3) is 3.90. The first-order valence-electron chi connectivity index (χ1n) is 7.20. The largest absolute Gasteiger partial charge is 0.302 e. The van der Waals surface area contributed by atoms with Gasteiger partial charge in [0.05, 0.1) is 5.69 Å². The van der Waals surface area contributed by atoms with E-state index >= 15 is 0 Å². The molecule has 2 aromatic heterocycles. The number of aryl methyl sites for hydroxylation is 1. The lowest BCUT2D eigenvalue weighted by atomic mass is 10.2. The molecule has 0 radical (unpaired) electrons. The maximum atomic E-state index is 12.0. The number of carbonyl (C=O) groups excluding carboxylic acids is 1. The molecule has 0 saturated heterocycles. The maximum Gasteiger partial charge on any atom is 0.226 e. The van der Waals surface area contributed by atoms with Crippen molar-refractivity contribution in [3.8, 4) is 0 Å². The number of thiophene rings is 1. The summed E-state index contributed by atoms with van der Waals surface area (Å²) in [6.45, 7) is 1.99. The lowest BCUT2D eigenvalue weighted by Gasteiger charge is -2.20. The molecule has 0 unspecified atom stereocenters. The highest BCUT2D eigenvalue weighted by molar-refractivity contribution is 7.15. The number of nitrogens with zero attached hydrogens (tertiary/aromatic N) is 2. The van der Waals surface area contributed by atoms with E-state index in [9.17, 15) is 4.79 Å². The van der Waals surface area contributed by atoms with Crippen molar-refractivity contribution in [2.24, 2.45) is 0 Å². The second-order valence-electron chi connectivity index (χ2n) is 5.36. The average molecular weight is 321 g/mol. The quantitative estimate of drug-likeness (QED) is 0.920. The molecule has 0 spiro atoms. The number of hydrogen-bond donors (Lipinski definition) is 1. The van der Waals surface area contributed by atoms with Crippen LogP contribution in [0.2, 0.25) is 0 Å². The lowest BCUT2D eigenvalue weighted by Crippen LogP contribution is -2.25. The molecule has 1 aliphatic heterocycles. The molecule has 0 bridgehead atoms. The Labute approximate surface area is 132 Å². The first-order chi connectivity index (χ1) is 10.2. The van der Waals surface area contributed by atoms with Gasteiger partial charge in [0.1, 0.15) is 0 Å². The Morgan fingerprint density at radius 1 is 1.52 bits per heavy atom. The molecule has 3 heterocycles. The molecule has 0 saturated carbocycles. The summed E-state index contributed by atoms with van der Waals surface area (Å²) < 4.78 is 0. The molecule has 112 valence electrons. The van der Waals surface area contributed by atoms with Crippen molar-refractivity contribution in [3.05, 3.63) is 33.0 Å². The zero-order valence-electron chi connectivity index (χ0n) is 12.1. The molecular formula is C15H19N3OS2. The predicted octanol–water partition coefficient (Wildman–Crippen LogP) is 3.15. The van der Waals surface area contributed by atoms with Gasteiger partial charge in [-0.2, -0.15) is 0 Å². The van der Waals surface area contributed by atoms with Gasteiger partial charge >= 0.3 is 0 Å². The molecule has 6 heteroatoms. The molecule has 1 amide bonds. The fraction of sp³-hybridized carbons (Fsp3) is 0.467. The average Bonchev–Trinajstić information content (AvgIpc) is 3.07. The number of rotatable bonds is 5. The molecular weight excluding hydrogens is 302 g/mol. The minimum atomic E-state index is 0.0750. The van der Waals surface area contributed by atoms with Gasteiger partial charge in [0.25, 0.3) is 0 Å². The first kappa shape index (κ1) is 14.7. The van der Waals surface area contributed by atoms with Crippen molar-refractivity contribution in [2.75, 3.05) is 18.9 Å². The van der Waals surface area contributed by atoms with Gasteiger partial charge < -0.3 is 10.2 Å². The number of aromatic nitrogens is 1. The zero-order valence-corrected chi connectivity index (χ0v) is 13.7. The Morgan fingerprint density at radius 2 is 2.43 bits per heavy atom. The smallest absolute Gasteiger partial charge is 0.226 e. The van der Waals surface area contributed by atoms with Crippen molar-refractivity contribution >= 4 is 33.7 Å². The number of thiazole rings is 1. The second kappa shape index (κ2) is 6.68. The zero-order chi connectivity index (χ0) is 14.7. The fourth-order valence-electron chi connectivity index (χ4n) is 2.44. The monoisotopic (exact) mass is 321 g/mol. The van der Waals surface area contributed by atoms with Crippen LogP contribution in [-0.2, 0) is 24.2 Å². The van der Waals surface area contributed by atoms with E-state index in [4.69, 9.17) is 0 Å². The molecule has 0 fully saturated rings. The summed E-state index contributed by atoms with van der Waals surface area (Å²) in [7, 11) is 2.12. The topological polar surface area (TPSA) is 45.2 Å². The number of likely N-dealkylation sites (N-methyl/N-ethyl adjacent to an activating group) is 1. The van der Waals surface area contributed by atoms with Crippen molar-refractivity contribution in [1.82, 2.24) is 9.88 Å². The van der Waals surface area contributed by atoms with Crippen LogP contribution in [-0.4, -0.2) is 29.4 Å². The Hall–Kier alpha value is -1.24. The minimum Gasteiger partial charge on any atom is -0.302 e. The van der Waals surface area contributed by atoms with Gasteiger partial charge in [-0.25, -0.2) is 4.98 Å². The van der Waals surface area contributed by atoms with Crippen molar-refractivity contribution in [3.63, 3.8) is 0 Å². The number of anilines is 1. The van der Waals surface area contributed by atoms with Crippen LogP contribution >= 0.6 is 22.7 Å². The molecule has 1 N–H and O–H groups in total. The highest BCUT2D eigenvalue weighted by atomic mass is 32.1. The summed E-state index contributed by atoms with van der Waals surface area (Å²) >= 11 is 3.37. The molecule has 0 aliphatic carbocycles. The molecule has 3 rings (SSSR count). The van der Waals surface area contributed by atoms with Gasteiger partial charge in [-0.15, -0.1) is 22.7 Å². The second-order valence-corrected chi connectivity index (χ2v) is 7.47. The van der Waals surface area contributed by atoms with Crippen LogP contribution in [0.3, 0.4) is 0 Å². The number of amides is 1. The molecule has 1 aliphatic rings. The van der Waals surface area contributed by atoms with Crippen molar-refractivity contribution < 1.29 is 4.79 Å². The summed E-state index contributed by atoms with van der Waals surface area (Å²) in [4.78, 5) is 21.4. The van der Waals surface area contributed by atoms with E-state index in [-0.39, 0.29) is 5.91 Å². The Bertz CT molecular complexity index is 606. The van der Waals surface area contributed by atoms with Crippen molar-refractivity contribution in [2.45, 2.75) is 32.2 Å². The van der Waals surface area contributed by atoms with Crippen LogP contribution in [0.1, 0.15) is 28.3 Å². The molecule has 21 heavy (non-hydrogen) atoms. The SMILES string of the molecule is CN1CCc2nc(NC(=O)CCCc3cccs3)sc2C1. The van der Waals surface area contributed by atoms with E-state index < -0.39 is 0 Å². The summed E-state index contributed by atoms with van der Waals surface area (Å²) in [5, 5.41) is 5.78. The molecule has 0 atom stereocenters. The van der Waals surface area contributed by atoms with Gasteiger partial charge in [0, 0.05) is 35.7 Å². The number of nitrogens with one attached hydrogen (secondary N) is 1. The third-order valence-corrected chi connectivity index (χ3v) is 5.51. The van der Waals surface area contributed by atoms with Crippen molar-refractivity contribution in [1.29, 1.82) is 0 Å². The molecule has 4 nitrogen and oxygen atoms in total. The summed E-state index contributed by atoms with van der Waals surface area (Å²) in [5.74, 6) is 0.0750. The standard InChI is InChI=1S/C15H19N3OS2/c1-18-8-7-12-13(10-18)21-15(16-12)17-14(19)6-2-4-11-5-3-9-20-11/h3,5,9H,2,4,6-8,10H2,1H3,(H,16,17,19). The van der Waals surface area contributed by atoms with E-state index in [1.54, 1.807) is 22.7 Å². The van der Waals surface area contributed by atoms with Gasteiger partial charge in [0.15, 0.2) is 5.13 Å². The van der Waals surface area contributed by atoms with Crippen LogP contribution in [0.15, 0.2) is 17.5 Å². The number of fused-ring (bicyclic) bond motifs is 1. The number of carbonyl (C=O) groups is 1.